The molecular formula is C29H18N2O. The Bertz CT molecular complexity index is 1730. The second-order valence-electron chi connectivity index (χ2n) is 8.09. The Balaban J connectivity index is 1.45. The molecule has 0 saturated carbocycles. The van der Waals surface area contributed by atoms with Crippen molar-refractivity contribution in [2.45, 2.75) is 0 Å². The van der Waals surface area contributed by atoms with Crippen molar-refractivity contribution < 1.29 is 4.42 Å². The molecule has 0 N–H and O–H groups in total. The van der Waals surface area contributed by atoms with E-state index in [-0.39, 0.29) is 0 Å². The van der Waals surface area contributed by atoms with Gasteiger partial charge in [0.15, 0.2) is 0 Å². The molecule has 3 nitrogen and oxygen atoms in total. The first-order chi connectivity index (χ1) is 15.9. The Morgan fingerprint density at radius 1 is 0.562 bits per heavy atom. The highest BCUT2D eigenvalue weighted by Crippen LogP contribution is 2.34. The number of fused-ring (bicyclic) bond motifs is 6. The Labute approximate surface area is 184 Å². The van der Waals surface area contributed by atoms with Gasteiger partial charge in [0.05, 0.1) is 11.0 Å². The van der Waals surface area contributed by atoms with E-state index in [0.717, 1.165) is 33.2 Å². The van der Waals surface area contributed by atoms with Crippen LogP contribution >= 0.6 is 0 Å². The zero-order valence-corrected chi connectivity index (χ0v) is 17.2. The number of para-hydroxylation sites is 3. The zero-order chi connectivity index (χ0) is 21.1. The Hall–Kier alpha value is -4.37. The van der Waals surface area contributed by atoms with Crippen LogP contribution in [-0.4, -0.2) is 9.55 Å². The van der Waals surface area contributed by atoms with E-state index in [0.29, 0.717) is 5.71 Å². The van der Waals surface area contributed by atoms with Gasteiger partial charge in [-0.2, -0.15) is 0 Å². The second kappa shape index (κ2) is 6.56. The van der Waals surface area contributed by atoms with Crippen LogP contribution in [0.25, 0.3) is 60.7 Å². The average Bonchev–Trinajstić information content (AvgIpc) is 3.39. The average molecular weight is 410 g/mol. The van der Waals surface area contributed by atoms with Gasteiger partial charge in [0.25, 0.3) is 0 Å². The van der Waals surface area contributed by atoms with E-state index in [4.69, 9.17) is 4.42 Å². The highest BCUT2D eigenvalue weighted by Gasteiger charge is 2.13. The van der Waals surface area contributed by atoms with Gasteiger partial charge in [0.2, 0.25) is 5.71 Å². The largest absolute Gasteiger partial charge is 0.438 e. The fraction of sp³-hybridized carbons (Fsp3) is 0. The van der Waals surface area contributed by atoms with Crippen LogP contribution < -0.4 is 0 Å². The molecular weight excluding hydrogens is 392 g/mol. The predicted octanol–water partition coefficient (Wildman–Crippen LogP) is 7.75. The van der Waals surface area contributed by atoms with Crippen molar-refractivity contribution in [3.05, 3.63) is 109 Å². The lowest BCUT2D eigenvalue weighted by Gasteiger charge is -2.10. The molecule has 0 bridgehead atoms. The maximum absolute atomic E-state index is 5.91. The van der Waals surface area contributed by atoms with E-state index in [1.807, 2.05) is 24.4 Å². The van der Waals surface area contributed by atoms with Gasteiger partial charge in [0, 0.05) is 39.0 Å². The summed E-state index contributed by atoms with van der Waals surface area (Å²) in [6, 6.07) is 36.1. The molecule has 32 heavy (non-hydrogen) atoms. The van der Waals surface area contributed by atoms with E-state index in [2.05, 4.69) is 94.5 Å². The molecule has 3 heteroatoms. The SMILES string of the molecule is c1cc(-c2cnc3oc4ccccc4c3c2)cc(-n2c3ccccc3c3ccccc32)c1. The lowest BCUT2D eigenvalue weighted by molar-refractivity contribution is 0.654. The minimum absolute atomic E-state index is 0.675. The first-order valence-corrected chi connectivity index (χ1v) is 10.7. The zero-order valence-electron chi connectivity index (χ0n) is 17.2. The molecule has 0 atom stereocenters. The maximum atomic E-state index is 5.91. The van der Waals surface area contributed by atoms with Crippen molar-refractivity contribution in [1.82, 2.24) is 9.55 Å². The molecule has 0 aliphatic heterocycles. The van der Waals surface area contributed by atoms with Crippen molar-refractivity contribution in [1.29, 1.82) is 0 Å². The number of pyridine rings is 1. The fourth-order valence-corrected chi connectivity index (χ4v) is 4.79. The number of rotatable bonds is 2. The van der Waals surface area contributed by atoms with Crippen LogP contribution in [0.15, 0.2) is 114 Å². The van der Waals surface area contributed by atoms with Crippen molar-refractivity contribution in [3.8, 4) is 16.8 Å². The lowest BCUT2D eigenvalue weighted by Crippen LogP contribution is -1.94. The summed E-state index contributed by atoms with van der Waals surface area (Å²) in [5, 5.41) is 4.67. The van der Waals surface area contributed by atoms with Crippen molar-refractivity contribution in [2.24, 2.45) is 0 Å². The van der Waals surface area contributed by atoms with Gasteiger partial charge in [-0.25, -0.2) is 4.98 Å². The maximum Gasteiger partial charge on any atom is 0.227 e. The van der Waals surface area contributed by atoms with Crippen LogP contribution in [0.2, 0.25) is 0 Å². The summed E-state index contributed by atoms with van der Waals surface area (Å²) in [5.74, 6) is 0. The van der Waals surface area contributed by atoms with E-state index in [9.17, 15) is 0 Å². The number of benzene rings is 4. The van der Waals surface area contributed by atoms with Crippen LogP contribution in [0, 0.1) is 0 Å². The summed E-state index contributed by atoms with van der Waals surface area (Å²) in [6.07, 6.45) is 1.90. The van der Waals surface area contributed by atoms with Gasteiger partial charge < -0.3 is 8.98 Å². The van der Waals surface area contributed by atoms with Gasteiger partial charge in [0.1, 0.15) is 5.58 Å². The smallest absolute Gasteiger partial charge is 0.227 e. The lowest BCUT2D eigenvalue weighted by atomic mass is 10.0. The van der Waals surface area contributed by atoms with E-state index in [1.165, 1.54) is 21.8 Å². The standard InChI is InChI=1S/C29H18N2O/c1-4-13-26-22(10-1)23-11-2-5-14-27(23)31(26)21-9-7-8-19(16-21)20-17-25-24-12-3-6-15-28(24)32-29(25)30-18-20/h1-18H. The Kier molecular flexibility index (Phi) is 3.55. The third-order valence-corrected chi connectivity index (χ3v) is 6.25. The molecule has 0 unspecified atom stereocenters. The molecule has 0 saturated heterocycles. The fourth-order valence-electron chi connectivity index (χ4n) is 4.79. The third kappa shape index (κ3) is 2.45. The summed E-state index contributed by atoms with van der Waals surface area (Å²) < 4.78 is 8.25. The molecule has 0 amide bonds. The number of aromatic nitrogens is 2. The summed E-state index contributed by atoms with van der Waals surface area (Å²) in [5.41, 5.74) is 7.30. The van der Waals surface area contributed by atoms with E-state index < -0.39 is 0 Å². The molecule has 0 fully saturated rings. The van der Waals surface area contributed by atoms with Crippen LogP contribution in [0.5, 0.6) is 0 Å². The van der Waals surface area contributed by atoms with Crippen molar-refractivity contribution >= 4 is 43.9 Å². The molecule has 0 radical (unpaired) electrons. The molecule has 0 spiro atoms. The van der Waals surface area contributed by atoms with Crippen LogP contribution in [0.1, 0.15) is 0 Å². The van der Waals surface area contributed by atoms with Gasteiger partial charge in [-0.15, -0.1) is 0 Å². The molecule has 0 aliphatic carbocycles. The molecule has 7 rings (SSSR count). The first kappa shape index (κ1) is 17.3. The summed E-state index contributed by atoms with van der Waals surface area (Å²) in [7, 11) is 0. The summed E-state index contributed by atoms with van der Waals surface area (Å²) >= 11 is 0. The van der Waals surface area contributed by atoms with Crippen molar-refractivity contribution in [2.75, 3.05) is 0 Å². The summed E-state index contributed by atoms with van der Waals surface area (Å²) in [4.78, 5) is 4.61. The number of furan rings is 1. The molecule has 7 aromatic rings. The van der Waals surface area contributed by atoms with Crippen LogP contribution in [0.3, 0.4) is 0 Å². The molecule has 3 heterocycles. The predicted molar refractivity (Wildman–Crippen MR) is 131 cm³/mol. The van der Waals surface area contributed by atoms with Gasteiger partial charge in [-0.3, -0.25) is 0 Å². The van der Waals surface area contributed by atoms with E-state index >= 15 is 0 Å². The van der Waals surface area contributed by atoms with Crippen molar-refractivity contribution in [3.63, 3.8) is 0 Å². The van der Waals surface area contributed by atoms with Gasteiger partial charge >= 0.3 is 0 Å². The molecule has 150 valence electrons. The Morgan fingerprint density at radius 3 is 2.03 bits per heavy atom. The molecule has 3 aromatic heterocycles. The molecule has 0 aliphatic rings. The molecule has 4 aromatic carbocycles. The minimum atomic E-state index is 0.675. The monoisotopic (exact) mass is 410 g/mol. The third-order valence-electron chi connectivity index (χ3n) is 6.25. The topological polar surface area (TPSA) is 31.0 Å². The van der Waals surface area contributed by atoms with E-state index in [1.54, 1.807) is 0 Å². The minimum Gasteiger partial charge on any atom is -0.438 e. The van der Waals surface area contributed by atoms with Gasteiger partial charge in [-0.05, 0) is 42.0 Å². The van der Waals surface area contributed by atoms with Crippen LogP contribution in [0.4, 0.5) is 0 Å². The number of hydrogen-bond donors (Lipinski definition) is 0. The Morgan fingerprint density at radius 2 is 1.25 bits per heavy atom. The highest BCUT2D eigenvalue weighted by molar-refractivity contribution is 6.09. The number of hydrogen-bond acceptors (Lipinski definition) is 2. The highest BCUT2D eigenvalue weighted by atomic mass is 16.3. The van der Waals surface area contributed by atoms with Crippen LogP contribution in [-0.2, 0) is 0 Å². The second-order valence-corrected chi connectivity index (χ2v) is 8.09. The summed E-state index contributed by atoms with van der Waals surface area (Å²) in [6.45, 7) is 0. The first-order valence-electron chi connectivity index (χ1n) is 10.7. The number of nitrogens with zero attached hydrogens (tertiary/aromatic N) is 2. The van der Waals surface area contributed by atoms with Gasteiger partial charge in [-0.1, -0.05) is 66.7 Å². The normalized spacial score (nSPS) is 11.8. The quantitative estimate of drug-likeness (QED) is 0.292.